The molecule has 0 aliphatic carbocycles. The van der Waals surface area contributed by atoms with Crippen LogP contribution in [0.4, 0.5) is 0 Å². The Morgan fingerprint density at radius 1 is 1.64 bits per heavy atom. The van der Waals surface area contributed by atoms with E-state index < -0.39 is 12.0 Å². The van der Waals surface area contributed by atoms with E-state index >= 15 is 0 Å². The molecule has 0 radical (unpaired) electrons. The molecule has 1 atom stereocenters. The van der Waals surface area contributed by atoms with Gasteiger partial charge in [0.2, 0.25) is 0 Å². The standard InChI is InChI=1S/C6H14N2O3/c7-2-1-3-11-4-5(8)6(9)10/h5H,1-4,7-8H2,(H,9,10). The summed E-state index contributed by atoms with van der Waals surface area (Å²) in [4.78, 5) is 10.1. The highest BCUT2D eigenvalue weighted by Gasteiger charge is 2.10. The van der Waals surface area contributed by atoms with Crippen molar-refractivity contribution < 1.29 is 14.6 Å². The second kappa shape index (κ2) is 6.09. The number of ether oxygens (including phenoxy) is 1. The maximum Gasteiger partial charge on any atom is 0.322 e. The molecule has 0 bridgehead atoms. The predicted molar refractivity (Wildman–Crippen MR) is 40.1 cm³/mol. The van der Waals surface area contributed by atoms with E-state index in [2.05, 4.69) is 0 Å². The molecule has 0 aromatic carbocycles. The molecular weight excluding hydrogens is 148 g/mol. The van der Waals surface area contributed by atoms with Crippen molar-refractivity contribution in [3.05, 3.63) is 0 Å². The Morgan fingerprint density at radius 3 is 2.73 bits per heavy atom. The largest absolute Gasteiger partial charge is 0.480 e. The highest BCUT2D eigenvalue weighted by atomic mass is 16.5. The Kier molecular flexibility index (Phi) is 5.73. The van der Waals surface area contributed by atoms with E-state index in [0.29, 0.717) is 13.2 Å². The molecule has 0 aromatic rings. The monoisotopic (exact) mass is 162 g/mol. The van der Waals surface area contributed by atoms with Gasteiger partial charge in [0.05, 0.1) is 6.61 Å². The zero-order valence-corrected chi connectivity index (χ0v) is 6.32. The van der Waals surface area contributed by atoms with E-state index in [1.54, 1.807) is 0 Å². The van der Waals surface area contributed by atoms with E-state index in [1.165, 1.54) is 0 Å². The third-order valence-electron chi connectivity index (χ3n) is 1.11. The lowest BCUT2D eigenvalue weighted by atomic mass is 10.3. The Labute approximate surface area is 65.3 Å². The summed E-state index contributed by atoms with van der Waals surface area (Å²) in [6, 6.07) is -0.923. The van der Waals surface area contributed by atoms with Crippen molar-refractivity contribution >= 4 is 5.97 Å². The molecule has 0 amide bonds. The molecule has 66 valence electrons. The van der Waals surface area contributed by atoms with Crippen LogP contribution >= 0.6 is 0 Å². The van der Waals surface area contributed by atoms with Crippen molar-refractivity contribution in [2.75, 3.05) is 19.8 Å². The van der Waals surface area contributed by atoms with Crippen LogP contribution in [0.1, 0.15) is 6.42 Å². The molecule has 0 aliphatic rings. The van der Waals surface area contributed by atoms with Gasteiger partial charge >= 0.3 is 5.97 Å². The lowest BCUT2D eigenvalue weighted by molar-refractivity contribution is -0.140. The summed E-state index contributed by atoms with van der Waals surface area (Å²) in [6.07, 6.45) is 0.729. The third-order valence-corrected chi connectivity index (χ3v) is 1.11. The first-order chi connectivity index (χ1) is 5.18. The number of carboxylic acids is 1. The van der Waals surface area contributed by atoms with Crippen LogP contribution < -0.4 is 11.5 Å². The minimum atomic E-state index is -1.04. The van der Waals surface area contributed by atoms with Crippen molar-refractivity contribution in [3.8, 4) is 0 Å². The van der Waals surface area contributed by atoms with Gasteiger partial charge in [0.15, 0.2) is 0 Å². The quantitative estimate of drug-likeness (QED) is 0.424. The van der Waals surface area contributed by atoms with E-state index in [-0.39, 0.29) is 6.61 Å². The Morgan fingerprint density at radius 2 is 2.27 bits per heavy atom. The lowest BCUT2D eigenvalue weighted by Gasteiger charge is -2.06. The summed E-state index contributed by atoms with van der Waals surface area (Å²) in [5.74, 6) is -1.04. The number of carbonyl (C=O) groups is 1. The highest BCUT2D eigenvalue weighted by Crippen LogP contribution is 1.84. The summed E-state index contributed by atoms with van der Waals surface area (Å²) in [7, 11) is 0. The lowest BCUT2D eigenvalue weighted by Crippen LogP contribution is -2.35. The maximum absolute atomic E-state index is 10.1. The molecule has 5 nitrogen and oxygen atoms in total. The zero-order chi connectivity index (χ0) is 8.69. The average Bonchev–Trinajstić information content (AvgIpc) is 1.97. The predicted octanol–water partition coefficient (Wildman–Crippen LogP) is -1.24. The van der Waals surface area contributed by atoms with Crippen LogP contribution in [0.15, 0.2) is 0 Å². The van der Waals surface area contributed by atoms with Crippen LogP contribution in [-0.2, 0) is 9.53 Å². The van der Waals surface area contributed by atoms with Crippen LogP contribution in [0.5, 0.6) is 0 Å². The average molecular weight is 162 g/mol. The molecule has 0 saturated carbocycles. The number of nitrogens with two attached hydrogens (primary N) is 2. The van der Waals surface area contributed by atoms with Crippen molar-refractivity contribution in [3.63, 3.8) is 0 Å². The molecule has 0 spiro atoms. The van der Waals surface area contributed by atoms with Gasteiger partial charge in [-0.2, -0.15) is 0 Å². The number of carboxylic acid groups (broad SMARTS) is 1. The van der Waals surface area contributed by atoms with Gasteiger partial charge in [-0.25, -0.2) is 0 Å². The van der Waals surface area contributed by atoms with Crippen LogP contribution in [0.2, 0.25) is 0 Å². The third kappa shape index (κ3) is 5.78. The van der Waals surface area contributed by atoms with Gasteiger partial charge < -0.3 is 21.3 Å². The van der Waals surface area contributed by atoms with E-state index in [4.69, 9.17) is 21.3 Å². The summed E-state index contributed by atoms with van der Waals surface area (Å²) < 4.78 is 4.91. The van der Waals surface area contributed by atoms with Crippen molar-refractivity contribution in [1.29, 1.82) is 0 Å². The van der Waals surface area contributed by atoms with E-state index in [1.807, 2.05) is 0 Å². The van der Waals surface area contributed by atoms with Crippen LogP contribution in [0, 0.1) is 0 Å². The topological polar surface area (TPSA) is 98.6 Å². The van der Waals surface area contributed by atoms with E-state index in [0.717, 1.165) is 6.42 Å². The first kappa shape index (κ1) is 10.3. The number of hydrogen-bond acceptors (Lipinski definition) is 4. The second-order valence-corrected chi connectivity index (χ2v) is 2.16. The molecule has 0 fully saturated rings. The van der Waals surface area contributed by atoms with Gasteiger partial charge in [0.1, 0.15) is 6.04 Å². The Balaban J connectivity index is 3.17. The fourth-order valence-corrected chi connectivity index (χ4v) is 0.467. The molecule has 0 aliphatic heterocycles. The number of rotatable bonds is 6. The fraction of sp³-hybridized carbons (Fsp3) is 0.833. The summed E-state index contributed by atoms with van der Waals surface area (Å²) in [5, 5.41) is 8.31. The first-order valence-corrected chi connectivity index (χ1v) is 3.44. The van der Waals surface area contributed by atoms with E-state index in [9.17, 15) is 4.79 Å². The molecule has 0 saturated heterocycles. The summed E-state index contributed by atoms with van der Waals surface area (Å²) >= 11 is 0. The molecule has 0 aromatic heterocycles. The fourth-order valence-electron chi connectivity index (χ4n) is 0.467. The smallest absolute Gasteiger partial charge is 0.322 e. The SMILES string of the molecule is NCCCOCC(N)C(=O)O. The summed E-state index contributed by atoms with van der Waals surface area (Å²) in [6.45, 7) is 1.06. The molecule has 11 heavy (non-hydrogen) atoms. The highest BCUT2D eigenvalue weighted by molar-refractivity contribution is 5.73. The molecule has 5 heteroatoms. The minimum absolute atomic E-state index is 0.0509. The van der Waals surface area contributed by atoms with Crippen LogP contribution in [-0.4, -0.2) is 36.9 Å². The Hall–Kier alpha value is -0.650. The molecule has 5 N–H and O–H groups in total. The molecule has 0 rings (SSSR count). The molecule has 1 unspecified atom stereocenters. The molecule has 0 heterocycles. The first-order valence-electron chi connectivity index (χ1n) is 3.44. The van der Waals surface area contributed by atoms with Gasteiger partial charge in [-0.05, 0) is 13.0 Å². The van der Waals surface area contributed by atoms with Crippen molar-refractivity contribution in [2.24, 2.45) is 11.5 Å². The van der Waals surface area contributed by atoms with Crippen LogP contribution in [0.25, 0.3) is 0 Å². The van der Waals surface area contributed by atoms with Gasteiger partial charge in [-0.3, -0.25) is 4.79 Å². The molecular formula is C6H14N2O3. The zero-order valence-electron chi connectivity index (χ0n) is 6.32. The maximum atomic E-state index is 10.1. The van der Waals surface area contributed by atoms with Crippen molar-refractivity contribution in [2.45, 2.75) is 12.5 Å². The second-order valence-electron chi connectivity index (χ2n) is 2.16. The normalized spacial score (nSPS) is 12.9. The van der Waals surface area contributed by atoms with Gasteiger partial charge in [0, 0.05) is 6.61 Å². The van der Waals surface area contributed by atoms with Crippen LogP contribution in [0.3, 0.4) is 0 Å². The Bertz CT molecular complexity index is 118. The number of hydrogen-bond donors (Lipinski definition) is 3. The van der Waals surface area contributed by atoms with Gasteiger partial charge in [0.25, 0.3) is 0 Å². The van der Waals surface area contributed by atoms with Gasteiger partial charge in [-0.1, -0.05) is 0 Å². The minimum Gasteiger partial charge on any atom is -0.480 e. The summed E-state index contributed by atoms with van der Waals surface area (Å²) in [5.41, 5.74) is 10.3. The number of aliphatic carboxylic acids is 1. The van der Waals surface area contributed by atoms with Gasteiger partial charge in [-0.15, -0.1) is 0 Å². The van der Waals surface area contributed by atoms with Crippen molar-refractivity contribution in [1.82, 2.24) is 0 Å².